The molecule has 4 heteroatoms. The fourth-order valence-corrected chi connectivity index (χ4v) is 3.06. The summed E-state index contributed by atoms with van der Waals surface area (Å²) in [6.45, 7) is 1.33. The Labute approximate surface area is 128 Å². The molecule has 0 bridgehead atoms. The number of benzene rings is 2. The van der Waals surface area contributed by atoms with Gasteiger partial charge in [0.1, 0.15) is 17.8 Å². The van der Waals surface area contributed by atoms with E-state index in [0.29, 0.717) is 12.2 Å². The average Bonchev–Trinajstić information content (AvgIpc) is 3.08. The van der Waals surface area contributed by atoms with Crippen LogP contribution in [0.4, 0.5) is 0 Å². The molecule has 1 heterocycles. The van der Waals surface area contributed by atoms with Crippen molar-refractivity contribution in [1.29, 1.82) is 5.26 Å². The summed E-state index contributed by atoms with van der Waals surface area (Å²) in [6.07, 6.45) is 0. The van der Waals surface area contributed by atoms with Crippen molar-refractivity contribution < 1.29 is 9.47 Å². The third-order valence-corrected chi connectivity index (χ3v) is 4.38. The first-order valence-electron chi connectivity index (χ1n) is 6.80. The van der Waals surface area contributed by atoms with E-state index in [4.69, 9.17) is 14.7 Å². The van der Waals surface area contributed by atoms with Gasteiger partial charge in [0.15, 0.2) is 0 Å². The molecule has 1 saturated heterocycles. The van der Waals surface area contributed by atoms with E-state index in [0.717, 1.165) is 23.7 Å². The van der Waals surface area contributed by atoms with E-state index in [1.807, 2.05) is 36.0 Å². The average molecular weight is 297 g/mol. The van der Waals surface area contributed by atoms with Crippen molar-refractivity contribution in [3.8, 4) is 11.8 Å². The Hall–Kier alpha value is -1.96. The molecule has 0 spiro atoms. The summed E-state index contributed by atoms with van der Waals surface area (Å²) in [5.74, 6) is 1.90. The van der Waals surface area contributed by atoms with Gasteiger partial charge >= 0.3 is 0 Å². The number of nitriles is 1. The van der Waals surface area contributed by atoms with E-state index < -0.39 is 0 Å². The van der Waals surface area contributed by atoms with Gasteiger partial charge in [-0.05, 0) is 35.4 Å². The second kappa shape index (κ2) is 6.66. The fraction of sp³-hybridized carbons (Fsp3) is 0.235. The highest BCUT2D eigenvalue weighted by Crippen LogP contribution is 2.35. The Morgan fingerprint density at radius 3 is 2.52 bits per heavy atom. The van der Waals surface area contributed by atoms with Crippen LogP contribution < -0.4 is 4.74 Å². The van der Waals surface area contributed by atoms with E-state index in [-0.39, 0.29) is 5.44 Å². The van der Waals surface area contributed by atoms with Gasteiger partial charge in [-0.25, -0.2) is 0 Å². The predicted octanol–water partition coefficient (Wildman–Crippen LogP) is 3.90. The zero-order chi connectivity index (χ0) is 14.5. The van der Waals surface area contributed by atoms with Crippen LogP contribution in [0.2, 0.25) is 0 Å². The number of thioether (sulfide) groups is 1. The molecule has 1 unspecified atom stereocenters. The minimum Gasteiger partial charge on any atom is -0.489 e. The summed E-state index contributed by atoms with van der Waals surface area (Å²) in [6, 6.07) is 17.6. The molecule has 106 valence electrons. The van der Waals surface area contributed by atoms with Crippen molar-refractivity contribution in [2.24, 2.45) is 0 Å². The molecule has 3 rings (SSSR count). The molecular weight excluding hydrogens is 282 g/mol. The van der Waals surface area contributed by atoms with Gasteiger partial charge in [0.25, 0.3) is 0 Å². The lowest BCUT2D eigenvalue weighted by Crippen LogP contribution is -1.97. The summed E-state index contributed by atoms with van der Waals surface area (Å²) in [4.78, 5) is 0. The van der Waals surface area contributed by atoms with Crippen LogP contribution in [0, 0.1) is 11.3 Å². The van der Waals surface area contributed by atoms with Gasteiger partial charge in [0.05, 0.1) is 18.2 Å². The number of nitrogens with zero attached hydrogens (tertiary/aromatic N) is 1. The molecule has 1 fully saturated rings. The van der Waals surface area contributed by atoms with E-state index >= 15 is 0 Å². The highest BCUT2D eigenvalue weighted by atomic mass is 32.2. The van der Waals surface area contributed by atoms with Gasteiger partial charge < -0.3 is 9.47 Å². The molecule has 0 aromatic heterocycles. The lowest BCUT2D eigenvalue weighted by molar-refractivity contribution is 0.145. The first kappa shape index (κ1) is 14.0. The predicted molar refractivity (Wildman–Crippen MR) is 83.1 cm³/mol. The quantitative estimate of drug-likeness (QED) is 0.858. The summed E-state index contributed by atoms with van der Waals surface area (Å²) in [5.41, 5.74) is 3.06. The highest BCUT2D eigenvalue weighted by Gasteiger charge is 2.17. The standard InChI is InChI=1S/C17H15NO2S/c18-11-13-1-3-14(4-2-13)12-20-16-7-5-15(6-8-16)17-19-9-10-21-17/h1-8,17H,9-10,12H2. The third kappa shape index (κ3) is 3.57. The van der Waals surface area contributed by atoms with Crippen molar-refractivity contribution in [1.82, 2.24) is 0 Å². The molecule has 0 aliphatic carbocycles. The second-order valence-corrected chi connectivity index (χ2v) is 5.91. The first-order chi connectivity index (χ1) is 10.3. The van der Waals surface area contributed by atoms with Crippen LogP contribution in [0.15, 0.2) is 48.5 Å². The van der Waals surface area contributed by atoms with Crippen molar-refractivity contribution in [2.75, 3.05) is 12.4 Å². The molecule has 21 heavy (non-hydrogen) atoms. The van der Waals surface area contributed by atoms with Crippen LogP contribution >= 0.6 is 11.8 Å². The number of hydrogen-bond donors (Lipinski definition) is 0. The lowest BCUT2D eigenvalue weighted by Gasteiger charge is -2.10. The van der Waals surface area contributed by atoms with E-state index in [1.54, 1.807) is 12.1 Å². The summed E-state index contributed by atoms with van der Waals surface area (Å²) in [7, 11) is 0. The van der Waals surface area contributed by atoms with Crippen LogP contribution in [0.5, 0.6) is 5.75 Å². The van der Waals surface area contributed by atoms with Gasteiger partial charge in [-0.1, -0.05) is 24.3 Å². The van der Waals surface area contributed by atoms with Gasteiger partial charge in [-0.3, -0.25) is 0 Å². The zero-order valence-corrected chi connectivity index (χ0v) is 12.3. The Bertz CT molecular complexity index is 625. The maximum absolute atomic E-state index is 8.76. The van der Waals surface area contributed by atoms with Crippen molar-refractivity contribution >= 4 is 11.8 Å². The van der Waals surface area contributed by atoms with Gasteiger partial charge in [-0.15, -0.1) is 11.8 Å². The van der Waals surface area contributed by atoms with Crippen LogP contribution in [0.25, 0.3) is 0 Å². The van der Waals surface area contributed by atoms with Gasteiger partial charge in [0.2, 0.25) is 0 Å². The minimum atomic E-state index is 0.164. The normalized spacial score (nSPS) is 17.4. The molecule has 1 aliphatic heterocycles. The van der Waals surface area contributed by atoms with Crippen LogP contribution in [-0.2, 0) is 11.3 Å². The van der Waals surface area contributed by atoms with Crippen LogP contribution in [0.3, 0.4) is 0 Å². The maximum atomic E-state index is 8.76. The van der Waals surface area contributed by atoms with E-state index in [1.165, 1.54) is 5.56 Å². The Balaban J connectivity index is 1.58. The first-order valence-corrected chi connectivity index (χ1v) is 7.85. The largest absolute Gasteiger partial charge is 0.489 e. The van der Waals surface area contributed by atoms with Crippen molar-refractivity contribution in [2.45, 2.75) is 12.0 Å². The van der Waals surface area contributed by atoms with E-state index in [9.17, 15) is 0 Å². The molecule has 2 aromatic rings. The summed E-state index contributed by atoms with van der Waals surface area (Å²) in [5, 5.41) is 8.76. The molecule has 0 saturated carbocycles. The SMILES string of the molecule is N#Cc1ccc(COc2ccc(C3OCCS3)cc2)cc1. The minimum absolute atomic E-state index is 0.164. The Morgan fingerprint density at radius 1 is 1.14 bits per heavy atom. The molecule has 0 radical (unpaired) electrons. The monoisotopic (exact) mass is 297 g/mol. The molecule has 0 amide bonds. The van der Waals surface area contributed by atoms with E-state index in [2.05, 4.69) is 18.2 Å². The van der Waals surface area contributed by atoms with Crippen molar-refractivity contribution in [3.63, 3.8) is 0 Å². The molecule has 1 atom stereocenters. The lowest BCUT2D eigenvalue weighted by atomic mass is 10.1. The maximum Gasteiger partial charge on any atom is 0.128 e. The highest BCUT2D eigenvalue weighted by molar-refractivity contribution is 7.99. The van der Waals surface area contributed by atoms with Gasteiger partial charge in [-0.2, -0.15) is 5.26 Å². The summed E-state index contributed by atoms with van der Waals surface area (Å²) >= 11 is 1.83. The Morgan fingerprint density at radius 2 is 1.90 bits per heavy atom. The number of ether oxygens (including phenoxy) is 2. The molecule has 2 aromatic carbocycles. The van der Waals surface area contributed by atoms with Crippen molar-refractivity contribution in [3.05, 3.63) is 65.2 Å². The zero-order valence-electron chi connectivity index (χ0n) is 11.5. The smallest absolute Gasteiger partial charge is 0.128 e. The summed E-state index contributed by atoms with van der Waals surface area (Å²) < 4.78 is 11.4. The second-order valence-electron chi connectivity index (χ2n) is 4.74. The van der Waals surface area contributed by atoms with Crippen LogP contribution in [-0.4, -0.2) is 12.4 Å². The fourth-order valence-electron chi connectivity index (χ4n) is 2.11. The third-order valence-electron chi connectivity index (χ3n) is 3.26. The molecular formula is C17H15NO2S. The van der Waals surface area contributed by atoms with Crippen LogP contribution in [0.1, 0.15) is 22.1 Å². The molecule has 1 aliphatic rings. The number of hydrogen-bond acceptors (Lipinski definition) is 4. The van der Waals surface area contributed by atoms with Gasteiger partial charge in [0, 0.05) is 5.75 Å². The molecule has 0 N–H and O–H groups in total. The number of rotatable bonds is 4. The molecule has 3 nitrogen and oxygen atoms in total. The topological polar surface area (TPSA) is 42.2 Å². The Kier molecular flexibility index (Phi) is 4.44.